The van der Waals surface area contributed by atoms with Gasteiger partial charge in [0.25, 0.3) is 0 Å². The molecule has 2 aliphatic rings. The maximum Gasteiger partial charge on any atom is 0.410 e. The van der Waals surface area contributed by atoms with E-state index in [1.165, 1.54) is 0 Å². The number of hydrogen-bond acceptors (Lipinski definition) is 3. The number of halogens is 1. The van der Waals surface area contributed by atoms with Crippen molar-refractivity contribution in [3.8, 4) is 0 Å². The normalized spacial score (nSPS) is 23.3. The number of hydrogen-bond donors (Lipinski definition) is 0. The van der Waals surface area contributed by atoms with Gasteiger partial charge in [-0.1, -0.05) is 0 Å². The van der Waals surface area contributed by atoms with E-state index in [0.717, 1.165) is 45.6 Å². The Morgan fingerprint density at radius 2 is 1.84 bits per heavy atom. The molecule has 0 bridgehead atoms. The summed E-state index contributed by atoms with van der Waals surface area (Å²) in [4.78, 5) is 16.2. The highest BCUT2D eigenvalue weighted by atomic mass is 35.5. The number of ether oxygens (including phenoxy) is 1. The van der Waals surface area contributed by atoms with Crippen molar-refractivity contribution in [3.63, 3.8) is 0 Å². The molecule has 5 heteroatoms. The number of carbonyl (C=O) groups is 1. The minimum atomic E-state index is -0.403. The Hall–Kier alpha value is -0.480. The van der Waals surface area contributed by atoms with Crippen LogP contribution in [0.4, 0.5) is 4.79 Å². The molecule has 0 aromatic heterocycles. The molecule has 0 atom stereocenters. The van der Waals surface area contributed by atoms with E-state index < -0.39 is 5.60 Å². The summed E-state index contributed by atoms with van der Waals surface area (Å²) < 4.78 is 5.42. The van der Waals surface area contributed by atoms with Crippen LogP contribution >= 0.6 is 11.6 Å². The first-order chi connectivity index (χ1) is 8.84. The topological polar surface area (TPSA) is 32.8 Å². The monoisotopic (exact) mass is 288 g/mol. The molecule has 2 heterocycles. The fraction of sp³-hybridized carbons (Fsp3) is 0.929. The summed E-state index contributed by atoms with van der Waals surface area (Å²) in [6.07, 6.45) is 2.01. The van der Waals surface area contributed by atoms with E-state index in [9.17, 15) is 4.79 Å². The molecule has 2 aliphatic heterocycles. The van der Waals surface area contributed by atoms with E-state index in [1.807, 2.05) is 25.7 Å². The second-order valence-corrected chi connectivity index (χ2v) is 7.24. The Kier molecular flexibility index (Phi) is 4.31. The van der Waals surface area contributed by atoms with Gasteiger partial charge in [-0.25, -0.2) is 4.79 Å². The Labute approximate surface area is 121 Å². The van der Waals surface area contributed by atoms with Gasteiger partial charge < -0.3 is 14.5 Å². The van der Waals surface area contributed by atoms with Gasteiger partial charge in [0.15, 0.2) is 0 Å². The molecule has 4 nitrogen and oxygen atoms in total. The van der Waals surface area contributed by atoms with Crippen molar-refractivity contribution in [2.24, 2.45) is 5.41 Å². The minimum absolute atomic E-state index is 0.167. The lowest BCUT2D eigenvalue weighted by Crippen LogP contribution is -2.61. The molecule has 0 N–H and O–H groups in total. The van der Waals surface area contributed by atoms with Gasteiger partial charge in [0.2, 0.25) is 0 Å². The van der Waals surface area contributed by atoms with Crippen LogP contribution in [0.3, 0.4) is 0 Å². The van der Waals surface area contributed by atoms with E-state index in [2.05, 4.69) is 4.90 Å². The first-order valence-electron chi connectivity index (χ1n) is 7.10. The van der Waals surface area contributed by atoms with Crippen molar-refractivity contribution in [1.82, 2.24) is 9.80 Å². The van der Waals surface area contributed by atoms with Gasteiger partial charge in [-0.15, -0.1) is 11.6 Å². The molecule has 0 saturated carbocycles. The Balaban J connectivity index is 1.76. The second kappa shape index (κ2) is 5.49. The summed E-state index contributed by atoms with van der Waals surface area (Å²) in [6.45, 7) is 10.6. The number of nitrogens with zero attached hydrogens (tertiary/aromatic N) is 2. The predicted molar refractivity (Wildman–Crippen MR) is 76.6 cm³/mol. The molecule has 0 aromatic rings. The Bertz CT molecular complexity index is 325. The zero-order valence-electron chi connectivity index (χ0n) is 12.2. The number of likely N-dealkylation sites (tertiary alicyclic amines) is 2. The third kappa shape index (κ3) is 3.76. The highest BCUT2D eigenvalue weighted by Crippen LogP contribution is 2.40. The van der Waals surface area contributed by atoms with Gasteiger partial charge in [0.1, 0.15) is 5.60 Å². The number of rotatable bonds is 2. The van der Waals surface area contributed by atoms with Crippen molar-refractivity contribution >= 4 is 17.7 Å². The fourth-order valence-electron chi connectivity index (χ4n) is 2.99. The molecule has 1 amide bonds. The lowest BCUT2D eigenvalue weighted by Gasteiger charge is -2.54. The standard InChI is InChI=1S/C14H25ClN2O2/c1-13(2,3)19-12(18)17-7-4-14(5-8-17)10-16(11-14)9-6-15/h4-11H2,1-3H3. The Morgan fingerprint density at radius 1 is 1.26 bits per heavy atom. The number of alkyl halides is 1. The summed E-state index contributed by atoms with van der Waals surface area (Å²) in [5.41, 5.74) is 0.0321. The molecule has 110 valence electrons. The zero-order chi connectivity index (χ0) is 14.1. The van der Waals surface area contributed by atoms with Crippen LogP contribution in [0.5, 0.6) is 0 Å². The maximum absolute atomic E-state index is 12.0. The van der Waals surface area contributed by atoms with Gasteiger partial charge >= 0.3 is 6.09 Å². The van der Waals surface area contributed by atoms with E-state index >= 15 is 0 Å². The van der Waals surface area contributed by atoms with Crippen molar-refractivity contribution in [1.29, 1.82) is 0 Å². The van der Waals surface area contributed by atoms with Crippen LogP contribution in [0.15, 0.2) is 0 Å². The van der Waals surface area contributed by atoms with E-state index in [1.54, 1.807) is 0 Å². The molecule has 19 heavy (non-hydrogen) atoms. The largest absolute Gasteiger partial charge is 0.444 e. The summed E-state index contributed by atoms with van der Waals surface area (Å²) in [7, 11) is 0. The van der Waals surface area contributed by atoms with Gasteiger partial charge in [-0.3, -0.25) is 0 Å². The maximum atomic E-state index is 12.0. The first kappa shape index (κ1) is 14.9. The lowest BCUT2D eigenvalue weighted by molar-refractivity contribution is -0.0483. The summed E-state index contributed by atoms with van der Waals surface area (Å²) in [5, 5.41) is 0. The third-order valence-electron chi connectivity index (χ3n) is 3.99. The molecule has 2 rings (SSSR count). The van der Waals surface area contributed by atoms with Crippen molar-refractivity contribution in [3.05, 3.63) is 0 Å². The van der Waals surface area contributed by atoms with Gasteiger partial charge in [-0.2, -0.15) is 0 Å². The molecule has 0 aromatic carbocycles. The molecule has 2 fully saturated rings. The van der Waals surface area contributed by atoms with Crippen molar-refractivity contribution in [2.45, 2.75) is 39.2 Å². The van der Waals surface area contributed by atoms with E-state index in [-0.39, 0.29) is 6.09 Å². The average Bonchev–Trinajstić information content (AvgIpc) is 2.26. The minimum Gasteiger partial charge on any atom is -0.444 e. The van der Waals surface area contributed by atoms with Crippen LogP contribution in [0.1, 0.15) is 33.6 Å². The molecular formula is C14H25ClN2O2. The highest BCUT2D eigenvalue weighted by Gasteiger charge is 2.45. The van der Waals surface area contributed by atoms with Crippen LogP contribution in [0.25, 0.3) is 0 Å². The van der Waals surface area contributed by atoms with Gasteiger partial charge in [-0.05, 0) is 39.0 Å². The predicted octanol–water partition coefficient (Wildman–Crippen LogP) is 2.56. The molecule has 1 spiro atoms. The van der Waals surface area contributed by atoms with Crippen LogP contribution in [0, 0.1) is 5.41 Å². The van der Waals surface area contributed by atoms with Crippen LogP contribution < -0.4 is 0 Å². The molecule has 0 unspecified atom stereocenters. The molecule has 0 aliphatic carbocycles. The summed E-state index contributed by atoms with van der Waals surface area (Å²) >= 11 is 5.75. The van der Waals surface area contributed by atoms with E-state index in [4.69, 9.17) is 16.3 Å². The average molecular weight is 289 g/mol. The van der Waals surface area contributed by atoms with Crippen LogP contribution in [-0.4, -0.2) is 60.1 Å². The van der Waals surface area contributed by atoms with Gasteiger partial charge in [0, 0.05) is 38.6 Å². The number of carbonyl (C=O) groups excluding carboxylic acids is 1. The summed E-state index contributed by atoms with van der Waals surface area (Å²) in [5.74, 6) is 0.708. The highest BCUT2D eigenvalue weighted by molar-refractivity contribution is 6.18. The van der Waals surface area contributed by atoms with E-state index in [0.29, 0.717) is 11.3 Å². The molecule has 2 saturated heterocycles. The van der Waals surface area contributed by atoms with Crippen molar-refractivity contribution in [2.75, 3.05) is 38.6 Å². The number of piperidine rings is 1. The Morgan fingerprint density at radius 3 is 2.32 bits per heavy atom. The summed E-state index contributed by atoms with van der Waals surface area (Å²) in [6, 6.07) is 0. The van der Waals surface area contributed by atoms with Gasteiger partial charge in [0.05, 0.1) is 0 Å². The van der Waals surface area contributed by atoms with Crippen molar-refractivity contribution < 1.29 is 9.53 Å². The quantitative estimate of drug-likeness (QED) is 0.732. The zero-order valence-corrected chi connectivity index (χ0v) is 13.0. The van der Waals surface area contributed by atoms with Crippen LogP contribution in [-0.2, 0) is 4.74 Å². The molecular weight excluding hydrogens is 264 g/mol. The number of amides is 1. The lowest BCUT2D eigenvalue weighted by atomic mass is 9.72. The van der Waals surface area contributed by atoms with Crippen LogP contribution in [0.2, 0.25) is 0 Å². The molecule has 0 radical (unpaired) electrons. The first-order valence-corrected chi connectivity index (χ1v) is 7.63. The smallest absolute Gasteiger partial charge is 0.410 e. The second-order valence-electron chi connectivity index (χ2n) is 6.87. The fourth-order valence-corrected chi connectivity index (χ4v) is 3.23. The third-order valence-corrected chi connectivity index (χ3v) is 4.16. The SMILES string of the molecule is CC(C)(C)OC(=O)N1CCC2(CC1)CN(CCCl)C2.